The molecular formula is C15H22ClN5S. The summed E-state index contributed by atoms with van der Waals surface area (Å²) < 4.78 is 2.03. The number of nitrogens with one attached hydrogen (secondary N) is 1. The zero-order valence-electron chi connectivity index (χ0n) is 13.4. The number of halogens is 1. The normalized spacial score (nSPS) is 11.8. The summed E-state index contributed by atoms with van der Waals surface area (Å²) in [7, 11) is 5.81. The van der Waals surface area contributed by atoms with E-state index in [0.717, 1.165) is 41.2 Å². The van der Waals surface area contributed by atoms with Gasteiger partial charge in [0.1, 0.15) is 0 Å². The predicted octanol–water partition coefficient (Wildman–Crippen LogP) is 2.69. The van der Waals surface area contributed by atoms with Crippen LogP contribution in [0.15, 0.2) is 23.5 Å². The molecule has 0 aliphatic heterocycles. The highest BCUT2D eigenvalue weighted by Crippen LogP contribution is 2.14. The maximum Gasteiger partial charge on any atom is 0.193 e. The molecule has 0 aliphatic rings. The molecule has 2 aromatic rings. The lowest BCUT2D eigenvalue weighted by Crippen LogP contribution is -2.39. The van der Waals surface area contributed by atoms with E-state index in [1.54, 1.807) is 18.4 Å². The Hall–Kier alpha value is -1.53. The van der Waals surface area contributed by atoms with Gasteiger partial charge in [-0.1, -0.05) is 11.6 Å². The summed E-state index contributed by atoms with van der Waals surface area (Å²) in [6, 6.07) is 1.98. The Morgan fingerprint density at radius 1 is 1.55 bits per heavy atom. The Bertz CT molecular complexity index is 646. The first kappa shape index (κ1) is 16.8. The van der Waals surface area contributed by atoms with Gasteiger partial charge in [0.2, 0.25) is 0 Å². The van der Waals surface area contributed by atoms with Crippen molar-refractivity contribution < 1.29 is 0 Å². The van der Waals surface area contributed by atoms with E-state index in [-0.39, 0.29) is 0 Å². The largest absolute Gasteiger partial charge is 0.356 e. The van der Waals surface area contributed by atoms with Gasteiger partial charge in [0.05, 0.1) is 16.6 Å². The summed E-state index contributed by atoms with van der Waals surface area (Å²) in [5, 5.41) is 5.28. The first-order valence-electron chi connectivity index (χ1n) is 7.13. The van der Waals surface area contributed by atoms with Crippen molar-refractivity contribution in [2.45, 2.75) is 19.9 Å². The van der Waals surface area contributed by atoms with Gasteiger partial charge in [-0.25, -0.2) is 4.98 Å². The van der Waals surface area contributed by atoms with E-state index < -0.39 is 0 Å². The molecule has 0 aliphatic carbocycles. The fraction of sp³-hybridized carbons (Fsp3) is 0.467. The first-order chi connectivity index (χ1) is 10.5. The number of rotatable bonds is 5. The lowest BCUT2D eigenvalue weighted by atomic mass is 10.4. The van der Waals surface area contributed by atoms with Crippen LogP contribution in [0, 0.1) is 6.92 Å². The molecule has 1 N–H and O–H groups in total. The smallest absolute Gasteiger partial charge is 0.193 e. The molecule has 120 valence electrons. The van der Waals surface area contributed by atoms with Crippen LogP contribution >= 0.6 is 22.9 Å². The summed E-state index contributed by atoms with van der Waals surface area (Å²) in [6.07, 6.45) is 4.73. The third-order valence-electron chi connectivity index (χ3n) is 3.34. The van der Waals surface area contributed by atoms with Crippen molar-refractivity contribution in [3.8, 4) is 0 Å². The number of thiazole rings is 1. The van der Waals surface area contributed by atoms with Crippen LogP contribution in [0.3, 0.4) is 0 Å². The lowest BCUT2D eigenvalue weighted by Gasteiger charge is -2.22. The number of aliphatic imine (C=N–C) groups is 1. The minimum Gasteiger partial charge on any atom is -0.356 e. The second-order valence-corrected chi connectivity index (χ2v) is 6.96. The highest BCUT2D eigenvalue weighted by Gasteiger charge is 2.09. The Morgan fingerprint density at radius 3 is 2.86 bits per heavy atom. The van der Waals surface area contributed by atoms with Crippen molar-refractivity contribution in [1.29, 1.82) is 0 Å². The monoisotopic (exact) mass is 339 g/mol. The third kappa shape index (κ3) is 4.48. The van der Waals surface area contributed by atoms with E-state index in [2.05, 4.69) is 27.1 Å². The van der Waals surface area contributed by atoms with Gasteiger partial charge in [0, 0.05) is 57.1 Å². The molecule has 0 saturated carbocycles. The molecule has 0 saturated heterocycles. The summed E-state index contributed by atoms with van der Waals surface area (Å²) in [4.78, 5) is 12.0. The zero-order chi connectivity index (χ0) is 16.1. The van der Waals surface area contributed by atoms with Crippen LogP contribution in [0.1, 0.15) is 15.6 Å². The Morgan fingerprint density at radius 2 is 2.32 bits per heavy atom. The molecule has 0 atom stereocenters. The van der Waals surface area contributed by atoms with Crippen LogP contribution in [-0.4, -0.2) is 41.1 Å². The van der Waals surface area contributed by atoms with Gasteiger partial charge >= 0.3 is 0 Å². The van der Waals surface area contributed by atoms with Gasteiger partial charge < -0.3 is 14.8 Å². The van der Waals surface area contributed by atoms with E-state index in [9.17, 15) is 0 Å². The maximum absolute atomic E-state index is 6.02. The molecule has 0 radical (unpaired) electrons. The molecule has 22 heavy (non-hydrogen) atoms. The minimum absolute atomic E-state index is 0.749. The number of guanidine groups is 1. The number of aryl methyl sites for hydroxylation is 2. The van der Waals surface area contributed by atoms with Crippen LogP contribution in [0.5, 0.6) is 0 Å². The molecule has 0 unspecified atom stereocenters. The van der Waals surface area contributed by atoms with Gasteiger partial charge in [-0.15, -0.1) is 11.3 Å². The molecule has 0 bridgehead atoms. The average molecular weight is 340 g/mol. The Kier molecular flexibility index (Phi) is 5.85. The van der Waals surface area contributed by atoms with E-state index >= 15 is 0 Å². The van der Waals surface area contributed by atoms with Crippen LogP contribution in [0.25, 0.3) is 0 Å². The van der Waals surface area contributed by atoms with Gasteiger partial charge in [0.25, 0.3) is 0 Å². The quantitative estimate of drug-likeness (QED) is 0.673. The van der Waals surface area contributed by atoms with Crippen molar-refractivity contribution in [1.82, 2.24) is 19.8 Å². The topological polar surface area (TPSA) is 45.5 Å². The van der Waals surface area contributed by atoms with Crippen molar-refractivity contribution in [2.24, 2.45) is 12.0 Å². The molecule has 2 rings (SSSR count). The highest BCUT2D eigenvalue weighted by molar-refractivity contribution is 7.11. The maximum atomic E-state index is 6.02. The number of hydrogen-bond donors (Lipinski definition) is 1. The molecular weight excluding hydrogens is 318 g/mol. The van der Waals surface area contributed by atoms with E-state index in [0.29, 0.717) is 0 Å². The lowest BCUT2D eigenvalue weighted by molar-refractivity contribution is 0.462. The minimum atomic E-state index is 0.749. The van der Waals surface area contributed by atoms with Crippen LogP contribution < -0.4 is 5.32 Å². The van der Waals surface area contributed by atoms with Gasteiger partial charge in [-0.2, -0.15) is 0 Å². The number of nitrogens with zero attached hydrogens (tertiary/aromatic N) is 4. The summed E-state index contributed by atoms with van der Waals surface area (Å²) in [5.41, 5.74) is 1.14. The molecule has 0 aromatic carbocycles. The van der Waals surface area contributed by atoms with E-state index in [4.69, 9.17) is 11.6 Å². The summed E-state index contributed by atoms with van der Waals surface area (Å²) in [5.74, 6) is 0.866. The molecule has 7 heteroatoms. The average Bonchev–Trinajstić information content (AvgIpc) is 3.01. The predicted molar refractivity (Wildman–Crippen MR) is 93.8 cm³/mol. The molecule has 0 spiro atoms. The van der Waals surface area contributed by atoms with Crippen molar-refractivity contribution in [3.63, 3.8) is 0 Å². The molecule has 0 amide bonds. The van der Waals surface area contributed by atoms with Crippen molar-refractivity contribution in [2.75, 3.05) is 20.6 Å². The van der Waals surface area contributed by atoms with Gasteiger partial charge in [-0.05, 0) is 13.0 Å². The molecule has 0 fully saturated rings. The fourth-order valence-electron chi connectivity index (χ4n) is 2.22. The van der Waals surface area contributed by atoms with Crippen molar-refractivity contribution in [3.05, 3.63) is 39.1 Å². The Balaban J connectivity index is 1.86. The molecule has 2 heterocycles. The second kappa shape index (κ2) is 7.65. The van der Waals surface area contributed by atoms with Crippen LogP contribution in [0.2, 0.25) is 5.02 Å². The summed E-state index contributed by atoms with van der Waals surface area (Å²) >= 11 is 7.77. The first-order valence-corrected chi connectivity index (χ1v) is 8.33. The second-order valence-electron chi connectivity index (χ2n) is 5.21. The van der Waals surface area contributed by atoms with Gasteiger partial charge in [0.15, 0.2) is 5.96 Å². The Labute approximate surface area is 140 Å². The standard InChI is InChI=1S/C15H22ClN5S/c1-11-8-19-14(22-11)5-6-18-15(17-2)21(4)10-13-7-12(16)9-20(13)3/h7-9H,5-6,10H2,1-4H3,(H,17,18). The SMILES string of the molecule is CN=C(NCCc1ncc(C)s1)N(C)Cc1cc(Cl)cn1C. The van der Waals surface area contributed by atoms with E-state index in [1.165, 1.54) is 4.88 Å². The van der Waals surface area contributed by atoms with Crippen molar-refractivity contribution >= 4 is 28.9 Å². The summed E-state index contributed by atoms with van der Waals surface area (Å²) in [6.45, 7) is 3.64. The van der Waals surface area contributed by atoms with E-state index in [1.807, 2.05) is 37.1 Å². The number of hydrogen-bond acceptors (Lipinski definition) is 3. The number of aromatic nitrogens is 2. The van der Waals surface area contributed by atoms with Crippen LogP contribution in [0.4, 0.5) is 0 Å². The fourth-order valence-corrected chi connectivity index (χ4v) is 3.28. The molecule has 2 aromatic heterocycles. The molecule has 5 nitrogen and oxygen atoms in total. The van der Waals surface area contributed by atoms with Gasteiger partial charge in [-0.3, -0.25) is 4.99 Å². The highest BCUT2D eigenvalue weighted by atomic mass is 35.5. The zero-order valence-corrected chi connectivity index (χ0v) is 15.0. The van der Waals surface area contributed by atoms with Crippen LogP contribution in [-0.2, 0) is 20.0 Å². The third-order valence-corrected chi connectivity index (χ3v) is 4.52.